The molecule has 3 aromatic rings. The van der Waals surface area contributed by atoms with E-state index in [0.29, 0.717) is 31.9 Å². The molecule has 0 aliphatic heterocycles. The minimum Gasteiger partial charge on any atom is -0.462 e. The molecule has 0 spiro atoms. The quantitative estimate of drug-likeness (QED) is 0.257. The van der Waals surface area contributed by atoms with Crippen LogP contribution in [0.5, 0.6) is 0 Å². The van der Waals surface area contributed by atoms with Gasteiger partial charge in [0.2, 0.25) is 0 Å². The number of hydrogen-bond acceptors (Lipinski definition) is 4. The SMILES string of the molecule is CCOC(=O)c1ccc(N(Cc2ccc(Cl)cc2Cl)C(=S)NC(=O)c2ccc(Cl)c(Cl)c2)cc1. The monoisotopic (exact) mass is 554 g/mol. The van der Waals surface area contributed by atoms with Crippen molar-refractivity contribution >= 4 is 81.3 Å². The highest BCUT2D eigenvalue weighted by Gasteiger charge is 2.19. The molecule has 0 saturated heterocycles. The number of carbonyl (C=O) groups is 2. The molecule has 0 heterocycles. The number of amides is 1. The standard InChI is InChI=1S/C24H18Cl4N2O3S/c1-2-33-23(32)14-4-8-18(9-5-14)30(13-16-3-7-17(25)12-20(16)27)24(34)29-22(31)15-6-10-19(26)21(28)11-15/h3-12H,2,13H2,1H3,(H,29,31,34). The summed E-state index contributed by atoms with van der Waals surface area (Å²) in [4.78, 5) is 26.5. The molecule has 0 saturated carbocycles. The Bertz CT molecular complexity index is 1240. The number of halogens is 4. The predicted octanol–water partition coefficient (Wildman–Crippen LogP) is 7.20. The van der Waals surface area contributed by atoms with Gasteiger partial charge in [0.25, 0.3) is 5.91 Å². The maximum atomic E-state index is 12.8. The van der Waals surface area contributed by atoms with Crippen LogP contribution in [0.15, 0.2) is 60.7 Å². The van der Waals surface area contributed by atoms with E-state index >= 15 is 0 Å². The molecule has 0 atom stereocenters. The average molecular weight is 556 g/mol. The first-order valence-corrected chi connectivity index (χ1v) is 11.9. The van der Waals surface area contributed by atoms with E-state index in [1.54, 1.807) is 60.4 Å². The molecule has 0 aromatic heterocycles. The van der Waals surface area contributed by atoms with E-state index in [1.807, 2.05) is 0 Å². The number of benzene rings is 3. The molecule has 0 aliphatic carbocycles. The normalized spacial score (nSPS) is 10.5. The van der Waals surface area contributed by atoms with Crippen LogP contribution < -0.4 is 10.2 Å². The number of thiocarbonyl (C=S) groups is 1. The lowest BCUT2D eigenvalue weighted by Crippen LogP contribution is -2.42. The van der Waals surface area contributed by atoms with Crippen LogP contribution in [0.3, 0.4) is 0 Å². The van der Waals surface area contributed by atoms with Crippen molar-refractivity contribution in [3.05, 3.63) is 97.4 Å². The van der Waals surface area contributed by atoms with Crippen LogP contribution in [0.2, 0.25) is 20.1 Å². The van der Waals surface area contributed by atoms with Gasteiger partial charge in [-0.25, -0.2) is 4.79 Å². The molecule has 3 rings (SSSR count). The molecule has 3 aromatic carbocycles. The highest BCUT2D eigenvalue weighted by atomic mass is 35.5. The molecule has 0 bridgehead atoms. The molecule has 0 aliphatic rings. The second-order valence-corrected chi connectivity index (χ2v) is 9.02. The molecule has 34 heavy (non-hydrogen) atoms. The van der Waals surface area contributed by atoms with E-state index in [-0.39, 0.29) is 23.3 Å². The number of nitrogens with one attached hydrogen (secondary N) is 1. The van der Waals surface area contributed by atoms with E-state index in [4.69, 9.17) is 63.4 Å². The van der Waals surface area contributed by atoms with Crippen molar-refractivity contribution in [2.75, 3.05) is 11.5 Å². The first kappa shape index (κ1) is 26.3. The topological polar surface area (TPSA) is 58.6 Å². The number of ether oxygens (including phenoxy) is 1. The number of nitrogens with zero attached hydrogens (tertiary/aromatic N) is 1. The van der Waals surface area contributed by atoms with Crippen LogP contribution >= 0.6 is 58.6 Å². The minimum absolute atomic E-state index is 0.117. The molecule has 0 unspecified atom stereocenters. The summed E-state index contributed by atoms with van der Waals surface area (Å²) in [5.41, 5.74) is 2.03. The minimum atomic E-state index is -0.459. The lowest BCUT2D eigenvalue weighted by molar-refractivity contribution is 0.0526. The zero-order valence-corrected chi connectivity index (χ0v) is 21.6. The summed E-state index contributed by atoms with van der Waals surface area (Å²) < 4.78 is 5.03. The van der Waals surface area contributed by atoms with Gasteiger partial charge in [0.05, 0.1) is 28.8 Å². The van der Waals surface area contributed by atoms with Gasteiger partial charge in [-0.3, -0.25) is 10.1 Å². The highest BCUT2D eigenvalue weighted by Crippen LogP contribution is 2.26. The van der Waals surface area contributed by atoms with Gasteiger partial charge >= 0.3 is 5.97 Å². The second-order valence-electron chi connectivity index (χ2n) is 6.98. The first-order valence-electron chi connectivity index (χ1n) is 9.98. The van der Waals surface area contributed by atoms with Crippen molar-refractivity contribution < 1.29 is 14.3 Å². The van der Waals surface area contributed by atoms with Crippen LogP contribution in [0.25, 0.3) is 0 Å². The van der Waals surface area contributed by atoms with Crippen molar-refractivity contribution in [2.24, 2.45) is 0 Å². The Kier molecular flexibility index (Phi) is 9.17. The fourth-order valence-electron chi connectivity index (χ4n) is 2.97. The summed E-state index contributed by atoms with van der Waals surface area (Å²) in [5, 5.41) is 4.35. The van der Waals surface area contributed by atoms with Crippen molar-refractivity contribution in [1.82, 2.24) is 5.32 Å². The molecule has 176 valence electrons. The Labute approximate surface area is 222 Å². The molecule has 1 N–H and O–H groups in total. The third-order valence-corrected chi connectivity index (χ3v) is 6.33. The van der Waals surface area contributed by atoms with Crippen LogP contribution in [0.1, 0.15) is 33.2 Å². The largest absolute Gasteiger partial charge is 0.462 e. The summed E-state index contributed by atoms with van der Waals surface area (Å²) in [6.07, 6.45) is 0. The summed E-state index contributed by atoms with van der Waals surface area (Å²) in [7, 11) is 0. The third-order valence-electron chi connectivity index (χ3n) is 4.68. The van der Waals surface area contributed by atoms with Crippen LogP contribution in [0.4, 0.5) is 5.69 Å². The Balaban J connectivity index is 1.90. The maximum absolute atomic E-state index is 12.8. The molecule has 10 heteroatoms. The van der Waals surface area contributed by atoms with Gasteiger partial charge < -0.3 is 9.64 Å². The Morgan fingerprint density at radius 2 is 1.56 bits per heavy atom. The summed E-state index contributed by atoms with van der Waals surface area (Å²) >= 11 is 29.9. The summed E-state index contributed by atoms with van der Waals surface area (Å²) in [5.74, 6) is -0.893. The van der Waals surface area contributed by atoms with Gasteiger partial charge in [-0.1, -0.05) is 52.5 Å². The lowest BCUT2D eigenvalue weighted by atomic mass is 10.1. The maximum Gasteiger partial charge on any atom is 0.338 e. The van der Waals surface area contributed by atoms with Crippen molar-refractivity contribution in [3.63, 3.8) is 0 Å². The average Bonchev–Trinajstić information content (AvgIpc) is 2.80. The van der Waals surface area contributed by atoms with E-state index in [2.05, 4.69) is 5.32 Å². The van der Waals surface area contributed by atoms with Crippen LogP contribution in [-0.4, -0.2) is 23.6 Å². The third kappa shape index (κ3) is 6.62. The van der Waals surface area contributed by atoms with Gasteiger partial charge in [-0.05, 0) is 79.3 Å². The van der Waals surface area contributed by atoms with E-state index in [0.717, 1.165) is 5.56 Å². The van der Waals surface area contributed by atoms with Gasteiger partial charge in [0.15, 0.2) is 5.11 Å². The van der Waals surface area contributed by atoms with E-state index < -0.39 is 11.9 Å². The Morgan fingerprint density at radius 1 is 0.882 bits per heavy atom. The smallest absolute Gasteiger partial charge is 0.338 e. The van der Waals surface area contributed by atoms with Crippen molar-refractivity contribution in [1.29, 1.82) is 0 Å². The van der Waals surface area contributed by atoms with E-state index in [9.17, 15) is 9.59 Å². The fraction of sp³-hybridized carbons (Fsp3) is 0.125. The Morgan fingerprint density at radius 3 is 2.18 bits per heavy atom. The number of anilines is 1. The molecule has 5 nitrogen and oxygen atoms in total. The number of rotatable bonds is 6. The van der Waals surface area contributed by atoms with Gasteiger partial charge in [-0.15, -0.1) is 0 Å². The molecular weight excluding hydrogens is 538 g/mol. The summed E-state index contributed by atoms with van der Waals surface area (Å²) in [6, 6.07) is 16.3. The zero-order chi connectivity index (χ0) is 24.8. The van der Waals surface area contributed by atoms with Crippen molar-refractivity contribution in [2.45, 2.75) is 13.5 Å². The van der Waals surface area contributed by atoms with Crippen molar-refractivity contribution in [3.8, 4) is 0 Å². The first-order chi connectivity index (χ1) is 16.2. The molecule has 0 fully saturated rings. The fourth-order valence-corrected chi connectivity index (χ4v) is 4.00. The molecule has 1 amide bonds. The van der Waals surface area contributed by atoms with Crippen LogP contribution in [0, 0.1) is 0 Å². The Hall–Kier alpha value is -2.35. The zero-order valence-electron chi connectivity index (χ0n) is 17.8. The van der Waals surface area contributed by atoms with Gasteiger partial charge in [-0.2, -0.15) is 0 Å². The summed E-state index contributed by atoms with van der Waals surface area (Å²) in [6.45, 7) is 2.24. The molecule has 0 radical (unpaired) electrons. The van der Waals surface area contributed by atoms with Crippen LogP contribution in [-0.2, 0) is 11.3 Å². The highest BCUT2D eigenvalue weighted by molar-refractivity contribution is 7.80. The number of hydrogen-bond donors (Lipinski definition) is 1. The number of carbonyl (C=O) groups excluding carboxylic acids is 2. The van der Waals surface area contributed by atoms with Gasteiger partial charge in [0.1, 0.15) is 0 Å². The number of esters is 1. The second kappa shape index (κ2) is 11.9. The predicted molar refractivity (Wildman–Crippen MR) is 142 cm³/mol. The lowest BCUT2D eigenvalue weighted by Gasteiger charge is -2.26. The van der Waals surface area contributed by atoms with Gasteiger partial charge in [0, 0.05) is 21.3 Å². The molecular formula is C24H18Cl4N2O3S. The van der Waals surface area contributed by atoms with E-state index in [1.165, 1.54) is 12.1 Å².